The van der Waals surface area contributed by atoms with Crippen LogP contribution in [0.15, 0.2) is 28.6 Å². The fourth-order valence-corrected chi connectivity index (χ4v) is 3.97. The summed E-state index contributed by atoms with van der Waals surface area (Å²) >= 11 is 0.867. The average molecular weight is 315 g/mol. The Balaban J connectivity index is 2.39. The number of nitrogens with one attached hydrogen (secondary N) is 1. The first-order valence-corrected chi connectivity index (χ1v) is 8.06. The van der Waals surface area contributed by atoms with Crippen LogP contribution in [-0.4, -0.2) is 29.3 Å². The molecule has 0 saturated heterocycles. The molecular formula is C11H13N3O4S2. The van der Waals surface area contributed by atoms with Crippen LogP contribution in [0.4, 0.5) is 5.82 Å². The van der Waals surface area contributed by atoms with Gasteiger partial charge in [-0.2, -0.15) is 5.10 Å². The van der Waals surface area contributed by atoms with Gasteiger partial charge in [-0.1, -0.05) is 0 Å². The molecule has 0 amide bonds. The van der Waals surface area contributed by atoms with E-state index in [0.29, 0.717) is 5.82 Å². The molecule has 0 bridgehead atoms. The third-order valence-corrected chi connectivity index (χ3v) is 4.94. The molecule has 9 heteroatoms. The van der Waals surface area contributed by atoms with Crippen LogP contribution >= 0.6 is 11.3 Å². The van der Waals surface area contributed by atoms with E-state index in [1.807, 2.05) is 13.8 Å². The van der Waals surface area contributed by atoms with Crippen LogP contribution in [0.3, 0.4) is 0 Å². The molecule has 2 aromatic heterocycles. The van der Waals surface area contributed by atoms with Gasteiger partial charge in [-0.3, -0.25) is 4.72 Å². The minimum atomic E-state index is -3.95. The van der Waals surface area contributed by atoms with Crippen LogP contribution < -0.4 is 4.72 Å². The number of sulfonamides is 1. The number of aromatic nitrogens is 2. The van der Waals surface area contributed by atoms with Crippen LogP contribution in [0.25, 0.3) is 0 Å². The van der Waals surface area contributed by atoms with E-state index in [1.54, 1.807) is 0 Å². The van der Waals surface area contributed by atoms with Crippen molar-refractivity contribution in [1.29, 1.82) is 0 Å². The molecule has 0 aromatic carbocycles. The molecule has 108 valence electrons. The topological polar surface area (TPSA) is 101 Å². The Morgan fingerprint density at radius 3 is 2.75 bits per heavy atom. The SMILES string of the molecule is CC(C)n1nccc1NS(=O)(=O)c1ccsc1C(=O)O. The molecule has 0 saturated carbocycles. The molecule has 0 fully saturated rings. The minimum absolute atomic E-state index is 0.0240. The number of carboxylic acids is 1. The fourth-order valence-electron chi connectivity index (χ4n) is 1.66. The van der Waals surface area contributed by atoms with E-state index in [2.05, 4.69) is 9.82 Å². The van der Waals surface area contributed by atoms with Crippen LogP contribution in [-0.2, 0) is 10.0 Å². The van der Waals surface area contributed by atoms with E-state index in [1.165, 1.54) is 28.4 Å². The lowest BCUT2D eigenvalue weighted by Gasteiger charge is -2.12. The van der Waals surface area contributed by atoms with Gasteiger partial charge in [0.1, 0.15) is 15.6 Å². The van der Waals surface area contributed by atoms with Crippen LogP contribution in [0.1, 0.15) is 29.6 Å². The van der Waals surface area contributed by atoms with E-state index >= 15 is 0 Å². The second kappa shape index (κ2) is 5.25. The van der Waals surface area contributed by atoms with Crippen LogP contribution in [0, 0.1) is 0 Å². The predicted octanol–water partition coefficient (Wildman–Crippen LogP) is 2.02. The van der Waals surface area contributed by atoms with Gasteiger partial charge < -0.3 is 5.11 Å². The zero-order chi connectivity index (χ0) is 14.9. The minimum Gasteiger partial charge on any atom is -0.477 e. The molecule has 2 N–H and O–H groups in total. The summed E-state index contributed by atoms with van der Waals surface area (Å²) < 4.78 is 28.4. The lowest BCUT2D eigenvalue weighted by molar-refractivity contribution is 0.0698. The first-order chi connectivity index (χ1) is 9.33. The summed E-state index contributed by atoms with van der Waals surface area (Å²) in [6.07, 6.45) is 1.48. The van der Waals surface area contributed by atoms with Gasteiger partial charge in [0.25, 0.3) is 10.0 Å². The Hall–Kier alpha value is -1.87. The summed E-state index contributed by atoms with van der Waals surface area (Å²) in [6.45, 7) is 3.72. The molecule has 0 spiro atoms. The highest BCUT2D eigenvalue weighted by atomic mass is 32.2. The largest absolute Gasteiger partial charge is 0.477 e. The molecule has 20 heavy (non-hydrogen) atoms. The van der Waals surface area contributed by atoms with Crippen molar-refractivity contribution in [2.45, 2.75) is 24.8 Å². The van der Waals surface area contributed by atoms with Crippen molar-refractivity contribution in [2.75, 3.05) is 4.72 Å². The maximum absolute atomic E-state index is 12.3. The van der Waals surface area contributed by atoms with E-state index in [-0.39, 0.29) is 15.8 Å². The maximum atomic E-state index is 12.3. The number of hydrogen-bond donors (Lipinski definition) is 2. The first-order valence-electron chi connectivity index (χ1n) is 5.70. The molecule has 0 atom stereocenters. The second-order valence-corrected chi connectivity index (χ2v) is 6.85. The molecule has 7 nitrogen and oxygen atoms in total. The third-order valence-electron chi connectivity index (χ3n) is 2.51. The molecule has 0 unspecified atom stereocenters. The number of aromatic carboxylic acids is 1. The molecule has 0 radical (unpaired) electrons. The van der Waals surface area contributed by atoms with Gasteiger partial charge in [-0.15, -0.1) is 11.3 Å². The second-order valence-electron chi connectivity index (χ2n) is 4.28. The molecule has 0 aliphatic rings. The molecule has 0 aliphatic carbocycles. The van der Waals surface area contributed by atoms with Gasteiger partial charge in [0.2, 0.25) is 0 Å². The quantitative estimate of drug-likeness (QED) is 0.879. The number of thiophene rings is 1. The predicted molar refractivity (Wildman–Crippen MR) is 74.7 cm³/mol. The van der Waals surface area contributed by atoms with Crippen molar-refractivity contribution >= 4 is 33.1 Å². The first kappa shape index (κ1) is 14.5. The fraction of sp³-hybridized carbons (Fsp3) is 0.273. The lowest BCUT2D eigenvalue weighted by atomic mass is 10.4. The highest BCUT2D eigenvalue weighted by Crippen LogP contribution is 2.25. The van der Waals surface area contributed by atoms with Crippen molar-refractivity contribution in [3.63, 3.8) is 0 Å². The van der Waals surface area contributed by atoms with Gasteiger partial charge in [0.05, 0.1) is 6.20 Å². The van der Waals surface area contributed by atoms with Gasteiger partial charge >= 0.3 is 5.97 Å². The summed E-state index contributed by atoms with van der Waals surface area (Å²) in [5.74, 6) is -0.972. The number of nitrogens with zero attached hydrogens (tertiary/aromatic N) is 2. The highest BCUT2D eigenvalue weighted by Gasteiger charge is 2.25. The third kappa shape index (κ3) is 2.68. The molecule has 2 aromatic rings. The normalized spacial score (nSPS) is 11.8. The Labute approximate surface area is 119 Å². The number of carboxylic acid groups (broad SMARTS) is 1. The zero-order valence-corrected chi connectivity index (χ0v) is 12.4. The Morgan fingerprint density at radius 2 is 2.15 bits per heavy atom. The Bertz CT molecular complexity index is 730. The number of carbonyl (C=O) groups is 1. The number of hydrogen-bond acceptors (Lipinski definition) is 5. The molecule has 0 aliphatic heterocycles. The summed E-state index contributed by atoms with van der Waals surface area (Å²) in [5, 5.41) is 14.4. The molecule has 2 rings (SSSR count). The molecule has 2 heterocycles. The number of anilines is 1. The summed E-state index contributed by atoms with van der Waals surface area (Å²) in [6, 6.07) is 2.76. The number of rotatable bonds is 5. The Kier molecular flexibility index (Phi) is 3.82. The maximum Gasteiger partial charge on any atom is 0.347 e. The summed E-state index contributed by atoms with van der Waals surface area (Å²) in [7, 11) is -3.95. The van der Waals surface area contributed by atoms with Crippen molar-refractivity contribution in [1.82, 2.24) is 9.78 Å². The van der Waals surface area contributed by atoms with Gasteiger partial charge in [-0.05, 0) is 25.3 Å². The average Bonchev–Trinajstić information content (AvgIpc) is 2.94. The van der Waals surface area contributed by atoms with Crippen molar-refractivity contribution in [3.05, 3.63) is 28.6 Å². The van der Waals surface area contributed by atoms with E-state index in [9.17, 15) is 13.2 Å². The van der Waals surface area contributed by atoms with Crippen molar-refractivity contribution in [2.24, 2.45) is 0 Å². The van der Waals surface area contributed by atoms with Gasteiger partial charge in [0, 0.05) is 12.1 Å². The lowest BCUT2D eigenvalue weighted by Crippen LogP contribution is -2.18. The van der Waals surface area contributed by atoms with E-state index in [4.69, 9.17) is 5.11 Å². The summed E-state index contributed by atoms with van der Waals surface area (Å²) in [4.78, 5) is 10.5. The van der Waals surface area contributed by atoms with Crippen LogP contribution in [0.2, 0.25) is 0 Å². The smallest absolute Gasteiger partial charge is 0.347 e. The highest BCUT2D eigenvalue weighted by molar-refractivity contribution is 7.93. The van der Waals surface area contributed by atoms with Crippen LogP contribution in [0.5, 0.6) is 0 Å². The standard InChI is InChI=1S/C11H13N3O4S2/c1-7(2)14-9(3-5-12-14)13-20(17,18)8-4-6-19-10(8)11(15)16/h3-7,13H,1-2H3,(H,15,16). The van der Waals surface area contributed by atoms with E-state index in [0.717, 1.165) is 11.3 Å². The summed E-state index contributed by atoms with van der Waals surface area (Å²) in [5.41, 5.74) is 0. The zero-order valence-electron chi connectivity index (χ0n) is 10.8. The van der Waals surface area contributed by atoms with Gasteiger partial charge in [-0.25, -0.2) is 17.9 Å². The van der Waals surface area contributed by atoms with Crippen molar-refractivity contribution < 1.29 is 18.3 Å². The monoisotopic (exact) mass is 315 g/mol. The van der Waals surface area contributed by atoms with Gasteiger partial charge in [0.15, 0.2) is 0 Å². The van der Waals surface area contributed by atoms with Crippen molar-refractivity contribution in [3.8, 4) is 0 Å². The molecular weight excluding hydrogens is 302 g/mol. The van der Waals surface area contributed by atoms with E-state index < -0.39 is 16.0 Å². The Morgan fingerprint density at radius 1 is 1.45 bits per heavy atom.